The smallest absolute Gasteiger partial charge is 0.296 e. The van der Waals surface area contributed by atoms with Gasteiger partial charge in [-0.25, -0.2) is 29.9 Å². The first kappa shape index (κ1) is 61.9. The maximum Gasteiger partial charge on any atom is 0.394 e. The Kier molecular flexibility index (Phi) is 18.8. The highest BCUT2D eigenvalue weighted by molar-refractivity contribution is 6.42. The molecule has 25 heteroatoms. The molecule has 74 heavy (non-hydrogen) atoms. The lowest BCUT2D eigenvalue weighted by Crippen LogP contribution is -2.36. The molecule has 6 aromatic rings. The minimum Gasteiger partial charge on any atom is -0.296 e. The van der Waals surface area contributed by atoms with Crippen molar-refractivity contribution >= 4 is 127 Å². The third-order valence-corrected chi connectivity index (χ3v) is 12.6. The highest BCUT2D eigenvalue weighted by Crippen LogP contribution is 2.41. The van der Waals surface area contributed by atoms with E-state index in [2.05, 4.69) is 66.6 Å². The predicted molar refractivity (Wildman–Crippen MR) is 286 cm³/mol. The van der Waals surface area contributed by atoms with Crippen LogP contribution in [0.15, 0.2) is 18.2 Å². The Morgan fingerprint density at radius 3 is 1.11 bits per heavy atom. The van der Waals surface area contributed by atoms with E-state index in [9.17, 15) is 36.3 Å². The number of anilines is 3. The molecule has 0 aliphatic rings. The summed E-state index contributed by atoms with van der Waals surface area (Å²) in [5.74, 6) is -0.571. The van der Waals surface area contributed by atoms with Gasteiger partial charge in [0.05, 0.1) is 39.5 Å². The van der Waals surface area contributed by atoms with Crippen molar-refractivity contribution in [2.45, 2.75) is 153 Å². The van der Waals surface area contributed by atoms with Gasteiger partial charge in [-0.3, -0.25) is 52.8 Å². The second kappa shape index (κ2) is 22.5. The second-order valence-electron chi connectivity index (χ2n) is 23.1. The van der Waals surface area contributed by atoms with Gasteiger partial charge < -0.3 is 0 Å². The normalized spacial score (nSPS) is 12.9. The number of rotatable bonds is 10. The van der Waals surface area contributed by atoms with Crippen molar-refractivity contribution in [3.8, 4) is 0 Å². The molecule has 0 aliphatic heterocycles. The summed E-state index contributed by atoms with van der Waals surface area (Å²) in [5.41, 5.74) is -1.11. The van der Waals surface area contributed by atoms with Crippen molar-refractivity contribution in [3.05, 3.63) is 49.3 Å². The van der Waals surface area contributed by atoms with Gasteiger partial charge in [0.1, 0.15) is 26.9 Å². The Balaban J connectivity index is 0.000000241. The minimum absolute atomic E-state index is 0.0545. The van der Waals surface area contributed by atoms with Crippen molar-refractivity contribution in [1.82, 2.24) is 43.6 Å². The molecule has 0 saturated carbocycles. The average molecular weight is 1140 g/mol. The largest absolute Gasteiger partial charge is 0.394 e. The highest BCUT2D eigenvalue weighted by atomic mass is 35.5. The van der Waals surface area contributed by atoms with E-state index < -0.39 is 59.7 Å². The van der Waals surface area contributed by atoms with E-state index in [4.69, 9.17) is 58.0 Å². The van der Waals surface area contributed by atoms with Crippen LogP contribution in [-0.4, -0.2) is 80.9 Å². The first-order chi connectivity index (χ1) is 33.5. The van der Waals surface area contributed by atoms with Gasteiger partial charge in [-0.15, -0.1) is 0 Å². The number of hydrogen-bond donors (Lipinski definition) is 3. The standard InChI is InChI=1S/C17H25ClN4O.C16H19Cl2F3N4O.C16H20Cl2F2N4O/c1-10-11(18)8-12-14(19-10)22(17(5,6)7)15(20-12)21-13(23)9-16(2,3)4;1-14(2,3)25-12-9(6-8(17)11(18)24-12)22-13(25)23-10(26)7-15(4,5)16(19,20)21;1-15(2,3)24-13-10(5-9(17)12(18)23-13)21-14(24)22-11(25)6-16(4,7-19)8-20/h8H,9H2,1-7H3,(H,20,21,23);6H,7H2,1-5H3,(H,22,23,26);5H,6-8H2,1-4H3,(H,21,22,25). The summed E-state index contributed by atoms with van der Waals surface area (Å²) in [5, 5.41) is 9.22. The van der Waals surface area contributed by atoms with Crippen LogP contribution < -0.4 is 16.0 Å². The fraction of sp³-hybridized carbons (Fsp3) is 0.571. The number of aromatic nitrogens is 9. The summed E-state index contributed by atoms with van der Waals surface area (Å²) < 4.78 is 70.3. The van der Waals surface area contributed by atoms with E-state index in [0.717, 1.165) is 25.2 Å². The molecule has 0 radical (unpaired) electrons. The molecule has 0 aliphatic carbocycles. The first-order valence-electron chi connectivity index (χ1n) is 23.2. The molecule has 15 nitrogen and oxygen atoms in total. The number of nitrogens with one attached hydrogen (secondary N) is 3. The molecular formula is C49H64Cl5F5N12O3. The van der Waals surface area contributed by atoms with Gasteiger partial charge in [-0.05, 0) is 92.9 Å². The number of aryl methyl sites for hydroxylation is 1. The molecule has 0 aromatic carbocycles. The quantitative estimate of drug-likeness (QED) is 0.0889. The Bertz CT molecular complexity index is 3050. The van der Waals surface area contributed by atoms with Crippen LogP contribution in [-0.2, 0) is 31.0 Å². The van der Waals surface area contributed by atoms with Gasteiger partial charge in [-0.1, -0.05) is 99.5 Å². The van der Waals surface area contributed by atoms with E-state index in [-0.39, 0.29) is 55.5 Å². The molecule has 408 valence electrons. The molecule has 0 bridgehead atoms. The van der Waals surface area contributed by atoms with Crippen LogP contribution in [0, 0.1) is 23.2 Å². The molecule has 0 spiro atoms. The van der Waals surface area contributed by atoms with Gasteiger partial charge in [-0.2, -0.15) is 13.2 Å². The molecular weight excluding hydrogens is 1080 g/mol. The third kappa shape index (κ3) is 15.3. The summed E-state index contributed by atoms with van der Waals surface area (Å²) in [6.07, 6.45) is -5.12. The fourth-order valence-electron chi connectivity index (χ4n) is 7.15. The summed E-state index contributed by atoms with van der Waals surface area (Å²) in [7, 11) is 0. The number of imidazole rings is 3. The van der Waals surface area contributed by atoms with Crippen LogP contribution in [0.25, 0.3) is 33.5 Å². The van der Waals surface area contributed by atoms with Crippen LogP contribution >= 0.6 is 58.0 Å². The zero-order valence-corrected chi connectivity index (χ0v) is 48.1. The molecule has 6 rings (SSSR count). The van der Waals surface area contributed by atoms with Crippen LogP contribution in [0.1, 0.15) is 129 Å². The van der Waals surface area contributed by atoms with E-state index in [1.807, 2.05) is 73.8 Å². The number of fused-ring (bicyclic) bond motifs is 3. The van der Waals surface area contributed by atoms with E-state index in [1.165, 1.54) is 13.0 Å². The number of amides is 3. The third-order valence-electron chi connectivity index (χ3n) is 10.9. The van der Waals surface area contributed by atoms with Gasteiger partial charge in [0.2, 0.25) is 35.6 Å². The van der Waals surface area contributed by atoms with Gasteiger partial charge in [0.25, 0.3) is 0 Å². The lowest BCUT2D eigenvalue weighted by atomic mass is 9.88. The fourth-order valence-corrected chi connectivity index (χ4v) is 7.86. The van der Waals surface area contributed by atoms with Gasteiger partial charge in [0, 0.05) is 41.3 Å². The highest BCUT2D eigenvalue weighted by Gasteiger charge is 2.48. The topological polar surface area (TPSA) is 179 Å². The SMILES string of the molecule is CC(C)(C)n1c(NC(=O)CC(C)(C)C(F)(F)F)nc2cc(Cl)c(Cl)nc21.CC(CF)(CF)CC(=O)Nc1nc2cc(Cl)c(Cl)nc2n1C(C)(C)C.Cc1nc2c(cc1Cl)nc(NC(=O)CC(C)(C)C)n2C(C)(C)C. The molecule has 0 unspecified atom stereocenters. The number of nitrogens with zero attached hydrogens (tertiary/aromatic N) is 9. The summed E-state index contributed by atoms with van der Waals surface area (Å²) >= 11 is 30.0. The second-order valence-corrected chi connectivity index (χ2v) is 25.1. The molecule has 0 atom stereocenters. The number of pyridine rings is 3. The van der Waals surface area contributed by atoms with Crippen LogP contribution in [0.4, 0.5) is 39.8 Å². The summed E-state index contributed by atoms with van der Waals surface area (Å²) in [6, 6.07) is 4.84. The molecule has 6 aromatic heterocycles. The summed E-state index contributed by atoms with van der Waals surface area (Å²) in [6.45, 7) is 26.8. The maximum atomic E-state index is 13.0. The monoisotopic (exact) mass is 1140 g/mol. The van der Waals surface area contributed by atoms with E-state index in [0.29, 0.717) is 45.2 Å². The molecule has 3 N–H and O–H groups in total. The Labute approximate surface area is 452 Å². The van der Waals surface area contributed by atoms with E-state index in [1.54, 1.807) is 21.3 Å². The lowest BCUT2D eigenvalue weighted by molar-refractivity contribution is -0.213. The van der Waals surface area contributed by atoms with Crippen molar-refractivity contribution in [3.63, 3.8) is 0 Å². The average Bonchev–Trinajstić information content (AvgIpc) is 3.86. The number of carbonyl (C=O) groups excluding carboxylic acids is 3. The Morgan fingerprint density at radius 1 is 0.486 bits per heavy atom. The van der Waals surface area contributed by atoms with Crippen molar-refractivity contribution in [2.75, 3.05) is 29.3 Å². The number of carbonyl (C=O) groups is 3. The summed E-state index contributed by atoms with van der Waals surface area (Å²) in [4.78, 5) is 62.9. The molecule has 0 saturated heterocycles. The molecule has 0 fully saturated rings. The Morgan fingerprint density at radius 2 is 0.797 bits per heavy atom. The van der Waals surface area contributed by atoms with E-state index >= 15 is 0 Å². The molecule has 3 amide bonds. The van der Waals surface area contributed by atoms with Gasteiger partial charge in [0.15, 0.2) is 16.9 Å². The maximum absolute atomic E-state index is 13.0. The van der Waals surface area contributed by atoms with Crippen molar-refractivity contribution in [2.24, 2.45) is 16.2 Å². The number of halogens is 10. The molecule has 6 heterocycles. The number of alkyl halides is 5. The van der Waals surface area contributed by atoms with Crippen LogP contribution in [0.2, 0.25) is 25.4 Å². The Hall–Kier alpha value is -4.63. The predicted octanol–water partition coefficient (Wildman–Crippen LogP) is 14.7. The van der Waals surface area contributed by atoms with Gasteiger partial charge >= 0.3 is 6.18 Å². The lowest BCUT2D eigenvalue weighted by Gasteiger charge is -2.27. The van der Waals surface area contributed by atoms with Crippen LogP contribution in [0.5, 0.6) is 0 Å². The van der Waals surface area contributed by atoms with Crippen molar-refractivity contribution < 1.29 is 36.3 Å². The zero-order chi connectivity index (χ0) is 56.6. The van der Waals surface area contributed by atoms with Crippen LogP contribution in [0.3, 0.4) is 0 Å². The van der Waals surface area contributed by atoms with Crippen molar-refractivity contribution in [1.29, 1.82) is 0 Å². The first-order valence-corrected chi connectivity index (χ1v) is 25.1. The zero-order valence-electron chi connectivity index (χ0n) is 44.3. The number of hydrogen-bond acceptors (Lipinski definition) is 9. The minimum atomic E-state index is -4.50.